The molecule has 0 amide bonds. The van der Waals surface area contributed by atoms with Gasteiger partial charge in [0, 0.05) is 5.38 Å². The molecule has 1 N–H and O–H groups in total. The fraction of sp³-hybridized carbons (Fsp3) is 0.444. The smallest absolute Gasteiger partial charge is 0.315 e. The van der Waals surface area contributed by atoms with Gasteiger partial charge in [-0.3, -0.25) is 0 Å². The van der Waals surface area contributed by atoms with E-state index in [9.17, 15) is 0 Å². The highest BCUT2D eigenvalue weighted by Gasteiger charge is 2.10. The maximum Gasteiger partial charge on any atom is 0.315 e. The molecule has 0 spiro atoms. The van der Waals surface area contributed by atoms with Gasteiger partial charge in [0.15, 0.2) is 0 Å². The lowest BCUT2D eigenvalue weighted by Crippen LogP contribution is -1.99. The molecule has 2 aromatic heterocycles. The second-order valence-electron chi connectivity index (χ2n) is 3.27. The van der Waals surface area contributed by atoms with Crippen LogP contribution < -0.4 is 5.32 Å². The molecule has 2 rings (SSSR count). The van der Waals surface area contributed by atoms with Crippen molar-refractivity contribution in [1.82, 2.24) is 15.2 Å². The van der Waals surface area contributed by atoms with Crippen molar-refractivity contribution < 1.29 is 4.42 Å². The van der Waals surface area contributed by atoms with Gasteiger partial charge in [-0.1, -0.05) is 5.10 Å². The Hall–Kier alpha value is -1.14. The Morgan fingerprint density at radius 1 is 1.56 bits per heavy atom. The third kappa shape index (κ3) is 2.70. The minimum atomic E-state index is -0.274. The number of aryl methyl sites for hydroxylation is 1. The van der Waals surface area contributed by atoms with Crippen LogP contribution in [0.2, 0.25) is 0 Å². The number of anilines is 1. The number of alkyl halides is 1. The summed E-state index contributed by atoms with van der Waals surface area (Å²) in [5.74, 6) is 0.415. The summed E-state index contributed by atoms with van der Waals surface area (Å²) >= 11 is 7.41. The van der Waals surface area contributed by atoms with Gasteiger partial charge < -0.3 is 9.73 Å². The first kappa shape index (κ1) is 11.3. The molecule has 0 aromatic carbocycles. The van der Waals surface area contributed by atoms with E-state index in [1.807, 2.05) is 12.3 Å². The quantitative estimate of drug-likeness (QED) is 0.855. The first-order valence-corrected chi connectivity index (χ1v) is 6.09. The van der Waals surface area contributed by atoms with Crippen LogP contribution in [0.15, 0.2) is 9.80 Å². The molecule has 2 heterocycles. The van der Waals surface area contributed by atoms with Crippen LogP contribution in [0, 0.1) is 6.92 Å². The highest BCUT2D eigenvalue weighted by atomic mass is 35.5. The first-order chi connectivity index (χ1) is 7.65. The number of hydrogen-bond acceptors (Lipinski definition) is 6. The van der Waals surface area contributed by atoms with Gasteiger partial charge in [-0.2, -0.15) is 0 Å². The third-order valence-corrected chi connectivity index (χ3v) is 2.88. The van der Waals surface area contributed by atoms with Gasteiger partial charge in [0.2, 0.25) is 5.89 Å². The van der Waals surface area contributed by atoms with Crippen LogP contribution >= 0.6 is 22.9 Å². The molecule has 2 aromatic rings. The molecular formula is C9H11ClN4OS. The second kappa shape index (κ2) is 4.80. The molecule has 7 heteroatoms. The number of aromatic nitrogens is 3. The summed E-state index contributed by atoms with van der Waals surface area (Å²) in [6.45, 7) is 4.32. The molecule has 1 unspecified atom stereocenters. The van der Waals surface area contributed by atoms with E-state index in [1.54, 1.807) is 18.3 Å². The average Bonchev–Trinajstić information content (AvgIpc) is 2.83. The molecular weight excluding hydrogens is 248 g/mol. The van der Waals surface area contributed by atoms with E-state index >= 15 is 0 Å². The Bertz CT molecular complexity index is 468. The lowest BCUT2D eigenvalue weighted by Gasteiger charge is -1.97. The lowest BCUT2D eigenvalue weighted by molar-refractivity contribution is 0.505. The summed E-state index contributed by atoms with van der Waals surface area (Å²) in [4.78, 5) is 4.31. The predicted molar refractivity (Wildman–Crippen MR) is 62.7 cm³/mol. The molecule has 16 heavy (non-hydrogen) atoms. The van der Waals surface area contributed by atoms with Gasteiger partial charge in [0.25, 0.3) is 0 Å². The van der Waals surface area contributed by atoms with Crippen LogP contribution in [0.4, 0.5) is 6.01 Å². The number of hydrogen-bond donors (Lipinski definition) is 1. The van der Waals surface area contributed by atoms with Gasteiger partial charge in [0.1, 0.15) is 5.38 Å². The zero-order valence-electron chi connectivity index (χ0n) is 8.90. The van der Waals surface area contributed by atoms with Crippen molar-refractivity contribution in [2.75, 3.05) is 5.32 Å². The third-order valence-electron chi connectivity index (χ3n) is 1.87. The summed E-state index contributed by atoms with van der Waals surface area (Å²) in [7, 11) is 0. The summed E-state index contributed by atoms with van der Waals surface area (Å²) in [6.07, 6.45) is 0. The van der Waals surface area contributed by atoms with Crippen molar-refractivity contribution in [1.29, 1.82) is 0 Å². The Balaban J connectivity index is 1.94. The summed E-state index contributed by atoms with van der Waals surface area (Å²) in [5.41, 5.74) is 0.959. The van der Waals surface area contributed by atoms with Crippen LogP contribution in [0.3, 0.4) is 0 Å². The lowest BCUT2D eigenvalue weighted by atomic mass is 10.5. The normalized spacial score (nSPS) is 12.7. The highest BCUT2D eigenvalue weighted by molar-refractivity contribution is 7.09. The van der Waals surface area contributed by atoms with E-state index in [0.29, 0.717) is 18.5 Å². The Labute approximate surface area is 102 Å². The molecule has 1 atom stereocenters. The molecule has 0 aliphatic rings. The number of halogens is 1. The van der Waals surface area contributed by atoms with Crippen molar-refractivity contribution in [3.63, 3.8) is 0 Å². The Morgan fingerprint density at radius 2 is 2.38 bits per heavy atom. The minimum absolute atomic E-state index is 0.274. The molecule has 0 saturated carbocycles. The van der Waals surface area contributed by atoms with Crippen molar-refractivity contribution in [3.05, 3.63) is 22.0 Å². The van der Waals surface area contributed by atoms with Crippen LogP contribution in [-0.2, 0) is 6.54 Å². The molecule has 0 bridgehead atoms. The monoisotopic (exact) mass is 258 g/mol. The van der Waals surface area contributed by atoms with E-state index in [4.69, 9.17) is 16.0 Å². The maximum absolute atomic E-state index is 5.80. The van der Waals surface area contributed by atoms with E-state index in [1.165, 1.54) is 0 Å². The molecule has 5 nitrogen and oxygen atoms in total. The van der Waals surface area contributed by atoms with Crippen LogP contribution in [0.5, 0.6) is 0 Å². The van der Waals surface area contributed by atoms with E-state index < -0.39 is 0 Å². The van der Waals surface area contributed by atoms with Gasteiger partial charge in [0.05, 0.1) is 17.2 Å². The summed E-state index contributed by atoms with van der Waals surface area (Å²) in [5, 5.41) is 13.4. The van der Waals surface area contributed by atoms with Gasteiger partial charge in [-0.05, 0) is 13.8 Å². The van der Waals surface area contributed by atoms with Gasteiger partial charge in [-0.15, -0.1) is 28.0 Å². The van der Waals surface area contributed by atoms with Gasteiger partial charge >= 0.3 is 6.01 Å². The van der Waals surface area contributed by atoms with Crippen molar-refractivity contribution >= 4 is 29.0 Å². The molecule has 0 radical (unpaired) electrons. The zero-order valence-corrected chi connectivity index (χ0v) is 10.5. The van der Waals surface area contributed by atoms with Crippen molar-refractivity contribution in [3.8, 4) is 0 Å². The maximum atomic E-state index is 5.80. The summed E-state index contributed by atoms with van der Waals surface area (Å²) < 4.78 is 5.28. The van der Waals surface area contributed by atoms with E-state index in [-0.39, 0.29) is 5.38 Å². The average molecular weight is 259 g/mol. The highest BCUT2D eigenvalue weighted by Crippen LogP contribution is 2.19. The molecule has 86 valence electrons. The predicted octanol–water partition coefficient (Wildman–Crippen LogP) is 2.75. The zero-order chi connectivity index (χ0) is 11.5. The minimum Gasteiger partial charge on any atom is -0.406 e. The first-order valence-electron chi connectivity index (χ1n) is 4.77. The number of rotatable bonds is 4. The Kier molecular flexibility index (Phi) is 3.40. The fourth-order valence-electron chi connectivity index (χ4n) is 1.12. The number of nitrogens with zero attached hydrogens (tertiary/aromatic N) is 3. The van der Waals surface area contributed by atoms with Crippen LogP contribution in [0.25, 0.3) is 0 Å². The molecule has 0 aliphatic carbocycles. The summed E-state index contributed by atoms with van der Waals surface area (Å²) in [6, 6.07) is 0.369. The van der Waals surface area contributed by atoms with Crippen molar-refractivity contribution in [2.45, 2.75) is 25.8 Å². The standard InChI is InChI=1S/C9H11ClN4OS/c1-5(10)8-13-14-9(15-8)11-3-7-4-16-6(2)12-7/h4-5H,3H2,1-2H3,(H,11,14). The van der Waals surface area contributed by atoms with Gasteiger partial charge in [-0.25, -0.2) is 4.98 Å². The topological polar surface area (TPSA) is 63.8 Å². The SMILES string of the molecule is Cc1nc(CNc2nnc(C(C)Cl)o2)cs1. The number of nitrogens with one attached hydrogen (secondary N) is 1. The molecule has 0 saturated heterocycles. The fourth-order valence-corrected chi connectivity index (χ4v) is 1.82. The van der Waals surface area contributed by atoms with E-state index in [0.717, 1.165) is 10.7 Å². The largest absolute Gasteiger partial charge is 0.406 e. The van der Waals surface area contributed by atoms with E-state index in [2.05, 4.69) is 20.5 Å². The van der Waals surface area contributed by atoms with Crippen molar-refractivity contribution in [2.24, 2.45) is 0 Å². The molecule has 0 fully saturated rings. The Morgan fingerprint density at radius 3 is 2.94 bits per heavy atom. The van der Waals surface area contributed by atoms with Crippen LogP contribution in [0.1, 0.15) is 28.9 Å². The number of thiazole rings is 1. The molecule has 0 aliphatic heterocycles. The second-order valence-corrected chi connectivity index (χ2v) is 4.99. The van der Waals surface area contributed by atoms with Crippen LogP contribution in [-0.4, -0.2) is 15.2 Å².